The summed E-state index contributed by atoms with van der Waals surface area (Å²) in [6.45, 7) is -0.582. The lowest BCUT2D eigenvalue weighted by molar-refractivity contribution is 0.258. The number of rotatable bonds is 5. The first-order valence-corrected chi connectivity index (χ1v) is 8.03. The van der Waals surface area contributed by atoms with Gasteiger partial charge in [0.15, 0.2) is 0 Å². The van der Waals surface area contributed by atoms with Gasteiger partial charge >= 0.3 is 0 Å². The zero-order valence-corrected chi connectivity index (χ0v) is 12.7. The normalized spacial score (nSPS) is 13.1. The van der Waals surface area contributed by atoms with E-state index in [9.17, 15) is 22.3 Å². The first kappa shape index (κ1) is 16.8. The summed E-state index contributed by atoms with van der Waals surface area (Å²) in [4.78, 5) is -0.165. The molecular formula is C14H12ClF2NO3S. The minimum absolute atomic E-state index is 0.109. The molecule has 0 aliphatic rings. The summed E-state index contributed by atoms with van der Waals surface area (Å²) in [6, 6.07) is 6.84. The van der Waals surface area contributed by atoms with E-state index in [4.69, 9.17) is 11.6 Å². The Balaban J connectivity index is 2.29. The van der Waals surface area contributed by atoms with Gasteiger partial charge in [-0.1, -0.05) is 17.7 Å². The molecule has 0 spiro atoms. The van der Waals surface area contributed by atoms with Crippen molar-refractivity contribution in [3.63, 3.8) is 0 Å². The van der Waals surface area contributed by atoms with E-state index >= 15 is 0 Å². The molecule has 0 fully saturated rings. The first-order chi connectivity index (χ1) is 10.3. The highest BCUT2D eigenvalue weighted by molar-refractivity contribution is 7.89. The van der Waals surface area contributed by atoms with E-state index in [1.54, 1.807) is 0 Å². The maximum absolute atomic E-state index is 13.4. The quantitative estimate of drug-likeness (QED) is 0.873. The van der Waals surface area contributed by atoms with E-state index in [2.05, 4.69) is 4.72 Å². The third kappa shape index (κ3) is 3.80. The van der Waals surface area contributed by atoms with Crippen molar-refractivity contribution in [1.29, 1.82) is 0 Å². The van der Waals surface area contributed by atoms with Crippen LogP contribution in [0.2, 0.25) is 5.02 Å². The van der Waals surface area contributed by atoms with Crippen LogP contribution in [0.4, 0.5) is 8.78 Å². The van der Waals surface area contributed by atoms with Gasteiger partial charge in [0.1, 0.15) is 11.6 Å². The molecule has 8 heteroatoms. The molecular weight excluding hydrogens is 336 g/mol. The third-order valence-corrected chi connectivity index (χ3v) is 4.74. The van der Waals surface area contributed by atoms with Gasteiger partial charge in [0, 0.05) is 0 Å². The molecule has 0 aliphatic heterocycles. The molecule has 2 N–H and O–H groups in total. The van der Waals surface area contributed by atoms with Crippen LogP contribution in [0.15, 0.2) is 47.4 Å². The van der Waals surface area contributed by atoms with Crippen LogP contribution in [-0.2, 0) is 10.0 Å². The predicted octanol–water partition coefficient (Wildman–Crippen LogP) is 2.63. The van der Waals surface area contributed by atoms with E-state index in [-0.39, 0.29) is 15.5 Å². The number of aliphatic hydroxyl groups excluding tert-OH is 1. The highest BCUT2D eigenvalue weighted by Gasteiger charge is 2.21. The lowest BCUT2D eigenvalue weighted by Gasteiger charge is -2.17. The maximum atomic E-state index is 13.4. The minimum Gasteiger partial charge on any atom is -0.394 e. The van der Waals surface area contributed by atoms with Crippen molar-refractivity contribution in [3.05, 3.63) is 64.7 Å². The highest BCUT2D eigenvalue weighted by atomic mass is 35.5. The summed E-state index contributed by atoms with van der Waals surface area (Å²) in [6.07, 6.45) is 0. The van der Waals surface area contributed by atoms with Crippen molar-refractivity contribution in [1.82, 2.24) is 4.72 Å². The number of hydrogen-bond acceptors (Lipinski definition) is 3. The fraction of sp³-hybridized carbons (Fsp3) is 0.143. The molecule has 0 saturated heterocycles. The first-order valence-electron chi connectivity index (χ1n) is 6.17. The standard InChI is InChI=1S/C14H12ClF2NO3S/c15-12-6-1-9(7-13(12)17)14(8-19)18-22(20,21)11-4-2-10(16)3-5-11/h1-7,14,18-19H,8H2. The zero-order chi connectivity index (χ0) is 16.3. The van der Waals surface area contributed by atoms with Gasteiger partial charge in [-0.3, -0.25) is 0 Å². The van der Waals surface area contributed by atoms with Gasteiger partial charge in [0.05, 0.1) is 22.6 Å². The lowest BCUT2D eigenvalue weighted by atomic mass is 10.1. The van der Waals surface area contributed by atoms with Crippen molar-refractivity contribution in [2.75, 3.05) is 6.61 Å². The topological polar surface area (TPSA) is 66.4 Å². The number of halogens is 3. The largest absolute Gasteiger partial charge is 0.394 e. The second-order valence-electron chi connectivity index (χ2n) is 4.48. The Bertz CT molecular complexity index is 766. The Morgan fingerprint density at radius 1 is 1.14 bits per heavy atom. The SMILES string of the molecule is O=S(=O)(NC(CO)c1ccc(Cl)c(F)c1)c1ccc(F)cc1. The molecule has 4 nitrogen and oxygen atoms in total. The van der Waals surface area contributed by atoms with Crippen LogP contribution >= 0.6 is 11.6 Å². The number of nitrogens with one attached hydrogen (secondary N) is 1. The van der Waals surface area contributed by atoms with Gasteiger partial charge < -0.3 is 5.11 Å². The van der Waals surface area contributed by atoms with E-state index in [1.807, 2.05) is 0 Å². The molecule has 118 valence electrons. The number of sulfonamides is 1. The predicted molar refractivity (Wildman–Crippen MR) is 78.0 cm³/mol. The maximum Gasteiger partial charge on any atom is 0.241 e. The Morgan fingerprint density at radius 3 is 2.32 bits per heavy atom. The van der Waals surface area contributed by atoms with Gasteiger partial charge in [-0.2, -0.15) is 0 Å². The van der Waals surface area contributed by atoms with E-state index < -0.39 is 34.3 Å². The molecule has 2 aromatic carbocycles. The summed E-state index contributed by atoms with van der Waals surface area (Å²) in [7, 11) is -3.99. The third-order valence-electron chi connectivity index (χ3n) is 2.95. The molecule has 0 amide bonds. The Labute approximate surface area is 131 Å². The molecule has 1 unspecified atom stereocenters. The molecule has 22 heavy (non-hydrogen) atoms. The van der Waals surface area contributed by atoms with Gasteiger partial charge in [-0.05, 0) is 42.0 Å². The average Bonchev–Trinajstić information content (AvgIpc) is 2.48. The van der Waals surface area contributed by atoms with Gasteiger partial charge in [-0.15, -0.1) is 0 Å². The van der Waals surface area contributed by atoms with Gasteiger partial charge in [-0.25, -0.2) is 21.9 Å². The molecule has 2 aromatic rings. The molecule has 2 rings (SSSR count). The summed E-state index contributed by atoms with van der Waals surface area (Å²) < 4.78 is 52.9. The number of benzene rings is 2. The molecule has 0 aliphatic carbocycles. The minimum atomic E-state index is -3.99. The highest BCUT2D eigenvalue weighted by Crippen LogP contribution is 2.22. The second-order valence-corrected chi connectivity index (χ2v) is 6.61. The van der Waals surface area contributed by atoms with Crippen molar-refractivity contribution in [3.8, 4) is 0 Å². The summed E-state index contributed by atoms with van der Waals surface area (Å²) in [5.41, 5.74) is 0.218. The van der Waals surface area contributed by atoms with Crippen LogP contribution in [0, 0.1) is 11.6 Å². The van der Waals surface area contributed by atoms with Crippen molar-refractivity contribution in [2.45, 2.75) is 10.9 Å². The number of hydrogen-bond donors (Lipinski definition) is 2. The van der Waals surface area contributed by atoms with E-state index in [1.165, 1.54) is 12.1 Å². The smallest absolute Gasteiger partial charge is 0.241 e. The van der Waals surface area contributed by atoms with E-state index in [0.717, 1.165) is 30.3 Å². The zero-order valence-electron chi connectivity index (χ0n) is 11.1. The molecule has 0 aromatic heterocycles. The molecule has 0 saturated carbocycles. The van der Waals surface area contributed by atoms with Gasteiger partial charge in [0.25, 0.3) is 0 Å². The van der Waals surface area contributed by atoms with Crippen LogP contribution < -0.4 is 4.72 Å². The fourth-order valence-corrected chi connectivity index (χ4v) is 3.14. The van der Waals surface area contributed by atoms with Crippen LogP contribution in [0.25, 0.3) is 0 Å². The van der Waals surface area contributed by atoms with Crippen LogP contribution in [0.1, 0.15) is 11.6 Å². The monoisotopic (exact) mass is 347 g/mol. The molecule has 0 heterocycles. The summed E-state index contributed by atoms with van der Waals surface area (Å²) >= 11 is 5.56. The Hall–Kier alpha value is -1.54. The average molecular weight is 348 g/mol. The van der Waals surface area contributed by atoms with Crippen molar-refractivity contribution < 1.29 is 22.3 Å². The van der Waals surface area contributed by atoms with Crippen LogP contribution in [0.3, 0.4) is 0 Å². The molecule has 0 radical (unpaired) electrons. The van der Waals surface area contributed by atoms with Crippen LogP contribution in [-0.4, -0.2) is 20.1 Å². The van der Waals surface area contributed by atoms with Crippen molar-refractivity contribution >= 4 is 21.6 Å². The van der Waals surface area contributed by atoms with Crippen LogP contribution in [0.5, 0.6) is 0 Å². The Morgan fingerprint density at radius 2 is 1.77 bits per heavy atom. The van der Waals surface area contributed by atoms with E-state index in [0.29, 0.717) is 0 Å². The summed E-state index contributed by atoms with van der Waals surface area (Å²) in [5.74, 6) is -1.30. The summed E-state index contributed by atoms with van der Waals surface area (Å²) in [5, 5.41) is 9.24. The molecule has 1 atom stereocenters. The Kier molecular flexibility index (Phi) is 5.12. The second kappa shape index (κ2) is 6.70. The van der Waals surface area contributed by atoms with Crippen molar-refractivity contribution in [2.24, 2.45) is 0 Å². The fourth-order valence-electron chi connectivity index (χ4n) is 1.81. The molecule has 0 bridgehead atoms. The van der Waals surface area contributed by atoms with Gasteiger partial charge in [0.2, 0.25) is 10.0 Å². The number of aliphatic hydroxyl groups is 1. The lowest BCUT2D eigenvalue weighted by Crippen LogP contribution is -2.31.